The molecule has 1 aliphatic heterocycles. The zero-order chi connectivity index (χ0) is 60.9. The van der Waals surface area contributed by atoms with Crippen LogP contribution in [-0.2, 0) is 45.2 Å². The maximum atomic E-state index is 14.4. The summed E-state index contributed by atoms with van der Waals surface area (Å²) in [5, 5.41) is 3.21. The zero-order valence-corrected chi connectivity index (χ0v) is 53.4. The van der Waals surface area contributed by atoms with E-state index in [1.807, 2.05) is 36.4 Å². The molecule has 0 unspecified atom stereocenters. The van der Waals surface area contributed by atoms with Crippen molar-refractivity contribution in [2.75, 3.05) is 44.8 Å². The SMILES string of the molecule is C=C/C=C(/CN(C)CC(=O)ON1OC(=O)c2cc(C#Cc3ccc(-c4ccc(CCCCCCCC)cc4)cc3)cc(n2)CN(CC)C[I-]N(CC)Cc2cc(C#Cc3ccc(-c4ccc(CCCCCCCC)cc4)cc3)cc(n2)C(=O)O1)NC. The molecule has 0 aliphatic carbocycles. The van der Waals surface area contributed by atoms with Crippen LogP contribution in [0.2, 0.25) is 0 Å². The average Bonchev–Trinajstić information content (AvgIpc) is 3.74. The van der Waals surface area contributed by atoms with Crippen LogP contribution in [0.1, 0.15) is 170 Å². The fraction of sp³-hybridized carbons (Fsp3) is 0.375. The molecule has 0 radical (unpaired) electrons. The molecule has 1 aliphatic rings. The molecule has 14 heteroatoms. The Balaban J connectivity index is 1.13. The van der Waals surface area contributed by atoms with Gasteiger partial charge < -0.3 is 5.32 Å². The Morgan fingerprint density at radius 1 is 0.605 bits per heavy atom. The topological polar surface area (TPSA) is 130 Å². The number of aromatic nitrogens is 2. The summed E-state index contributed by atoms with van der Waals surface area (Å²) >= 11 is -0.606. The van der Waals surface area contributed by atoms with Gasteiger partial charge in [-0.3, -0.25) is 0 Å². The molecule has 4 bridgehead atoms. The van der Waals surface area contributed by atoms with Gasteiger partial charge in [-0.05, 0) is 55.5 Å². The van der Waals surface area contributed by atoms with Crippen LogP contribution in [-0.4, -0.2) is 91.0 Å². The van der Waals surface area contributed by atoms with Gasteiger partial charge in [-0.2, -0.15) is 0 Å². The number of carbonyl (C=O) groups is 3. The normalized spacial score (nSPS) is 13.7. The Morgan fingerprint density at radius 3 is 1.49 bits per heavy atom. The monoisotopic (exact) mass is 1270 g/mol. The number of carbonyl (C=O) groups excluding carboxylic acids is 3. The van der Waals surface area contributed by atoms with Crippen molar-refractivity contribution >= 4 is 17.9 Å². The number of nitrogens with zero attached hydrogens (tertiary/aromatic N) is 6. The van der Waals surface area contributed by atoms with Crippen LogP contribution in [0, 0.1) is 23.7 Å². The molecule has 13 nitrogen and oxygen atoms in total. The van der Waals surface area contributed by atoms with Crippen LogP contribution in [0.5, 0.6) is 0 Å². The summed E-state index contributed by atoms with van der Waals surface area (Å²) in [4.78, 5) is 72.6. The summed E-state index contributed by atoms with van der Waals surface area (Å²) in [7, 11) is 3.47. The summed E-state index contributed by atoms with van der Waals surface area (Å²) in [5.74, 6) is 10.0. The number of rotatable bonds is 25. The molecular weight excluding hydrogens is 1190 g/mol. The van der Waals surface area contributed by atoms with E-state index in [1.54, 1.807) is 31.1 Å². The molecule has 0 amide bonds. The molecule has 86 heavy (non-hydrogen) atoms. The van der Waals surface area contributed by atoms with E-state index in [4.69, 9.17) is 24.5 Å². The first-order chi connectivity index (χ1) is 41.9. The number of hydrogen-bond donors (Lipinski definition) is 1. The fourth-order valence-electron chi connectivity index (χ4n) is 9.77. The average molecular weight is 1270 g/mol. The Labute approximate surface area is 522 Å². The van der Waals surface area contributed by atoms with Crippen molar-refractivity contribution in [2.24, 2.45) is 0 Å². The summed E-state index contributed by atoms with van der Waals surface area (Å²) in [5.41, 5.74) is 11.4. The van der Waals surface area contributed by atoms with Crippen LogP contribution in [0.25, 0.3) is 22.3 Å². The van der Waals surface area contributed by atoms with Gasteiger partial charge in [0.05, 0.1) is 0 Å². The van der Waals surface area contributed by atoms with Gasteiger partial charge in [-0.15, -0.1) is 0 Å². The van der Waals surface area contributed by atoms with Crippen LogP contribution in [0.15, 0.2) is 146 Å². The van der Waals surface area contributed by atoms with E-state index in [0.717, 1.165) is 63.0 Å². The van der Waals surface area contributed by atoms with Crippen LogP contribution in [0.3, 0.4) is 0 Å². The van der Waals surface area contributed by atoms with Crippen LogP contribution < -0.4 is 26.8 Å². The molecule has 0 saturated carbocycles. The maximum absolute atomic E-state index is 14.4. The van der Waals surface area contributed by atoms with E-state index >= 15 is 0 Å². The standard InChI is InChI=1S/C72H85IN7O6/c1-8-13-15-17-19-21-24-55-30-38-61(39-31-55)63-42-34-57(35-43-63)26-28-59-46-66-51-78(11-4)54-73-79(12-5)52-67-47-60(29-27-58-36-44-64(45-37-58)62-40-32-56(33-41-62)25-22-20-18-16-14-9-2)49-69(76-67)72(83)86-80(85-71(82)68(48-59)75-66)84-70(81)53-77(7)50-65(74-6)23-10-3/h10,23,30-49,74H,3,8-9,11-22,24-25,50-54H2,1-2,4-7H3/q-1/b65-23-. The third-order valence-corrected chi connectivity index (χ3v) is 18.0. The molecule has 4 aromatic carbocycles. The van der Waals surface area contributed by atoms with E-state index in [0.29, 0.717) is 48.7 Å². The minimum atomic E-state index is -1.06. The summed E-state index contributed by atoms with van der Waals surface area (Å²) in [6, 6.07) is 40.6. The Kier molecular flexibility index (Phi) is 27.6. The van der Waals surface area contributed by atoms with Crippen molar-refractivity contribution in [2.45, 2.75) is 131 Å². The summed E-state index contributed by atoms with van der Waals surface area (Å²) < 4.78 is 3.10. The number of halogens is 1. The largest absolute Gasteiger partial charge is 0.390 e. The minimum absolute atomic E-state index is 0.133. The van der Waals surface area contributed by atoms with Gasteiger partial charge in [-0.25, -0.2) is 0 Å². The number of nitrogens with one attached hydrogen (secondary N) is 1. The second-order valence-electron chi connectivity index (χ2n) is 21.7. The number of allylic oxidation sites excluding steroid dienone is 2. The maximum Gasteiger partial charge on any atom is 0.00306 e. The molecule has 0 atom stereocenters. The van der Waals surface area contributed by atoms with Gasteiger partial charge >= 0.3 is 306 Å². The van der Waals surface area contributed by atoms with Crippen molar-refractivity contribution in [1.82, 2.24) is 33.6 Å². The molecule has 6 aromatic rings. The van der Waals surface area contributed by atoms with Crippen LogP contribution in [0.4, 0.5) is 0 Å². The van der Waals surface area contributed by atoms with Gasteiger partial charge in [0, 0.05) is 19.3 Å². The first-order valence-corrected chi connectivity index (χ1v) is 33.1. The van der Waals surface area contributed by atoms with Gasteiger partial charge in [-0.1, -0.05) is 139 Å². The molecule has 452 valence electrons. The van der Waals surface area contributed by atoms with Crippen molar-refractivity contribution < 1.29 is 50.4 Å². The number of hydrogen-bond acceptors (Lipinski definition) is 13. The molecule has 7 rings (SSSR count). The first-order valence-electron chi connectivity index (χ1n) is 30.6. The Bertz CT molecular complexity index is 3110. The number of fused-ring (bicyclic) bond motifs is 4. The number of benzene rings is 4. The third-order valence-electron chi connectivity index (χ3n) is 14.7. The Morgan fingerprint density at radius 2 is 1.05 bits per heavy atom. The molecule has 0 fully saturated rings. The molecule has 1 N–H and O–H groups in total. The number of aryl methyl sites for hydroxylation is 2. The molecule has 3 heterocycles. The van der Waals surface area contributed by atoms with Crippen molar-refractivity contribution in [1.29, 1.82) is 0 Å². The van der Waals surface area contributed by atoms with Gasteiger partial charge in [0.2, 0.25) is 0 Å². The molecule has 2 aromatic heterocycles. The zero-order valence-electron chi connectivity index (χ0n) is 51.3. The van der Waals surface area contributed by atoms with E-state index < -0.39 is 39.4 Å². The second-order valence-corrected chi connectivity index (χ2v) is 24.4. The number of unbranched alkanes of at least 4 members (excludes halogenated alkanes) is 10. The minimum Gasteiger partial charge on any atom is -0.390 e. The number of likely N-dealkylation sites (N-methyl/N-ethyl adjacent to an activating group) is 2. The van der Waals surface area contributed by atoms with Gasteiger partial charge in [0.15, 0.2) is 0 Å². The quantitative estimate of drug-likeness (QED) is 0.0111. The Hall–Kier alpha value is -7.44. The summed E-state index contributed by atoms with van der Waals surface area (Å²) in [6.07, 6.45) is 20.9. The number of alkyl halides is 1. The van der Waals surface area contributed by atoms with E-state index in [1.165, 1.54) is 100 Å². The van der Waals surface area contributed by atoms with Gasteiger partial charge in [0.25, 0.3) is 0 Å². The summed E-state index contributed by atoms with van der Waals surface area (Å²) in [6.45, 7) is 14.8. The van der Waals surface area contributed by atoms with Gasteiger partial charge in [0.1, 0.15) is 0 Å². The fourth-order valence-corrected chi connectivity index (χ4v) is 12.4. The van der Waals surface area contributed by atoms with Crippen LogP contribution >= 0.6 is 0 Å². The first kappa shape index (κ1) is 66.1. The molecule has 0 spiro atoms. The third kappa shape index (κ3) is 22.1. The van der Waals surface area contributed by atoms with Crippen molar-refractivity contribution in [3.8, 4) is 45.9 Å². The van der Waals surface area contributed by atoms with Crippen molar-refractivity contribution in [3.63, 3.8) is 0 Å². The smallest absolute Gasteiger partial charge is 0.00306 e. The molecular formula is C72H85IN7O6-. The van der Waals surface area contributed by atoms with E-state index in [9.17, 15) is 14.4 Å². The predicted molar refractivity (Wildman–Crippen MR) is 339 cm³/mol. The van der Waals surface area contributed by atoms with E-state index in [2.05, 4.69) is 144 Å². The van der Waals surface area contributed by atoms with E-state index in [-0.39, 0.29) is 23.3 Å². The number of pyridine rings is 2. The van der Waals surface area contributed by atoms with Crippen molar-refractivity contribution in [3.05, 3.63) is 202 Å². The predicted octanol–water partition coefficient (Wildman–Crippen LogP) is 10.9. The second kappa shape index (κ2) is 35.9. The molecule has 0 saturated heterocycles.